The molecule has 1 N–H and O–H groups in total. The zero-order valence-corrected chi connectivity index (χ0v) is 16.1. The van der Waals surface area contributed by atoms with Crippen LogP contribution in [0, 0.1) is 5.92 Å². The van der Waals surface area contributed by atoms with Gasteiger partial charge in [-0.15, -0.1) is 11.3 Å². The molecule has 128 valence electrons. The molecule has 0 bridgehead atoms. The van der Waals surface area contributed by atoms with Crippen molar-refractivity contribution in [3.05, 3.63) is 56.7 Å². The van der Waals surface area contributed by atoms with Crippen LogP contribution in [0.4, 0.5) is 5.69 Å². The Morgan fingerprint density at radius 2 is 2.28 bits per heavy atom. The molecule has 3 aromatic rings. The van der Waals surface area contributed by atoms with E-state index in [-0.39, 0.29) is 5.91 Å². The van der Waals surface area contributed by atoms with E-state index in [1.165, 1.54) is 23.2 Å². The van der Waals surface area contributed by atoms with Gasteiger partial charge in [-0.3, -0.25) is 4.79 Å². The molecule has 1 atom stereocenters. The normalized spacial score (nSPS) is 16.5. The van der Waals surface area contributed by atoms with Crippen LogP contribution < -0.4 is 5.32 Å². The molecule has 5 nitrogen and oxygen atoms in total. The van der Waals surface area contributed by atoms with E-state index in [0.29, 0.717) is 11.6 Å². The number of nitrogens with zero attached hydrogens (tertiary/aromatic N) is 3. The van der Waals surface area contributed by atoms with Crippen LogP contribution in [0.15, 0.2) is 41.4 Å². The van der Waals surface area contributed by atoms with Gasteiger partial charge in [0.1, 0.15) is 12.7 Å². The van der Waals surface area contributed by atoms with Crippen LogP contribution in [-0.4, -0.2) is 20.7 Å². The second kappa shape index (κ2) is 6.72. The number of carbonyl (C=O) groups excluding carboxylic acids is 1. The number of benzene rings is 1. The number of thiophene rings is 1. The van der Waals surface area contributed by atoms with E-state index in [0.717, 1.165) is 27.9 Å². The quantitative estimate of drug-likeness (QED) is 0.684. The smallest absolute Gasteiger partial charge is 0.265 e. The van der Waals surface area contributed by atoms with Gasteiger partial charge >= 0.3 is 0 Å². The number of nitrogens with one attached hydrogen (secondary N) is 1. The van der Waals surface area contributed by atoms with Gasteiger partial charge in [-0.25, -0.2) is 9.67 Å². The third-order valence-electron chi connectivity index (χ3n) is 4.43. The first-order valence-corrected chi connectivity index (χ1v) is 9.78. The number of aryl methyl sites for hydroxylation is 1. The van der Waals surface area contributed by atoms with Crippen molar-refractivity contribution in [1.29, 1.82) is 0 Å². The highest BCUT2D eigenvalue weighted by atomic mass is 79.9. The van der Waals surface area contributed by atoms with Crippen LogP contribution in [0.3, 0.4) is 0 Å². The zero-order chi connectivity index (χ0) is 17.4. The van der Waals surface area contributed by atoms with Crippen molar-refractivity contribution in [3.63, 3.8) is 0 Å². The highest BCUT2D eigenvalue weighted by molar-refractivity contribution is 9.10. The predicted octanol–water partition coefficient (Wildman–Crippen LogP) is 4.47. The lowest BCUT2D eigenvalue weighted by Crippen LogP contribution is -2.13. The van der Waals surface area contributed by atoms with Gasteiger partial charge < -0.3 is 5.32 Å². The molecule has 0 radical (unpaired) electrons. The van der Waals surface area contributed by atoms with Crippen LogP contribution in [0.1, 0.15) is 33.5 Å². The largest absolute Gasteiger partial charge is 0.319 e. The minimum Gasteiger partial charge on any atom is -0.319 e. The van der Waals surface area contributed by atoms with Crippen LogP contribution in [0.2, 0.25) is 0 Å². The highest BCUT2D eigenvalue weighted by Gasteiger charge is 2.21. The number of aromatic nitrogens is 3. The summed E-state index contributed by atoms with van der Waals surface area (Å²) in [7, 11) is 0. The molecule has 0 saturated carbocycles. The average molecular weight is 417 g/mol. The Morgan fingerprint density at radius 3 is 3.08 bits per heavy atom. The summed E-state index contributed by atoms with van der Waals surface area (Å²) in [6.07, 6.45) is 6.44. The van der Waals surface area contributed by atoms with Crippen molar-refractivity contribution in [3.8, 4) is 5.69 Å². The molecule has 1 aliphatic rings. The molecule has 2 heterocycles. The summed E-state index contributed by atoms with van der Waals surface area (Å²) in [5, 5.41) is 7.19. The summed E-state index contributed by atoms with van der Waals surface area (Å²) in [6.45, 7) is 2.27. The molecule has 1 aromatic carbocycles. The van der Waals surface area contributed by atoms with Crippen molar-refractivity contribution in [2.24, 2.45) is 5.92 Å². The van der Waals surface area contributed by atoms with Crippen molar-refractivity contribution in [1.82, 2.24) is 14.8 Å². The number of anilines is 1. The summed E-state index contributed by atoms with van der Waals surface area (Å²) in [6, 6.07) is 7.75. The maximum absolute atomic E-state index is 12.8. The SMILES string of the molecule is CC1CCc2sc(C(=O)Nc3cc(Br)ccc3-n3cncn3)cc2C1. The van der Waals surface area contributed by atoms with Crippen molar-refractivity contribution in [2.45, 2.75) is 26.2 Å². The van der Waals surface area contributed by atoms with E-state index < -0.39 is 0 Å². The molecule has 7 heteroatoms. The van der Waals surface area contributed by atoms with E-state index in [2.05, 4.69) is 44.3 Å². The third-order valence-corrected chi connectivity index (χ3v) is 6.15. The first-order chi connectivity index (χ1) is 12.1. The zero-order valence-electron chi connectivity index (χ0n) is 13.7. The minimum absolute atomic E-state index is 0.0773. The molecule has 4 rings (SSSR count). The van der Waals surface area contributed by atoms with Crippen LogP contribution >= 0.6 is 27.3 Å². The van der Waals surface area contributed by atoms with Gasteiger partial charge in [-0.05, 0) is 55.0 Å². The fraction of sp³-hybridized carbons (Fsp3) is 0.278. The number of carbonyl (C=O) groups is 1. The number of amides is 1. The Kier molecular flexibility index (Phi) is 4.43. The Hall–Kier alpha value is -1.99. The van der Waals surface area contributed by atoms with E-state index >= 15 is 0 Å². The second-order valence-electron chi connectivity index (χ2n) is 6.36. The maximum atomic E-state index is 12.8. The summed E-state index contributed by atoms with van der Waals surface area (Å²) in [5.74, 6) is 0.619. The first kappa shape index (κ1) is 16.5. The summed E-state index contributed by atoms with van der Waals surface area (Å²) in [5.41, 5.74) is 2.81. The minimum atomic E-state index is -0.0773. The molecule has 1 unspecified atom stereocenters. The van der Waals surface area contributed by atoms with Gasteiger partial charge in [0.15, 0.2) is 0 Å². The Balaban J connectivity index is 1.62. The summed E-state index contributed by atoms with van der Waals surface area (Å²) >= 11 is 5.08. The fourth-order valence-corrected chi connectivity index (χ4v) is 4.61. The van der Waals surface area contributed by atoms with Gasteiger partial charge in [0.2, 0.25) is 0 Å². The van der Waals surface area contributed by atoms with Crippen molar-refractivity contribution < 1.29 is 4.79 Å². The van der Waals surface area contributed by atoms with Crippen LogP contribution in [0.5, 0.6) is 0 Å². The summed E-state index contributed by atoms with van der Waals surface area (Å²) in [4.78, 5) is 18.9. The highest BCUT2D eigenvalue weighted by Crippen LogP contribution is 2.33. The van der Waals surface area contributed by atoms with E-state index in [9.17, 15) is 4.79 Å². The molecule has 2 aromatic heterocycles. The first-order valence-electron chi connectivity index (χ1n) is 8.17. The van der Waals surface area contributed by atoms with Crippen molar-refractivity contribution >= 4 is 38.9 Å². The van der Waals surface area contributed by atoms with Crippen molar-refractivity contribution in [2.75, 3.05) is 5.32 Å². The molecule has 25 heavy (non-hydrogen) atoms. The van der Waals surface area contributed by atoms with E-state index in [4.69, 9.17) is 0 Å². The number of hydrogen-bond donors (Lipinski definition) is 1. The number of fused-ring (bicyclic) bond motifs is 1. The molecule has 1 aliphatic carbocycles. The molecule has 1 amide bonds. The lowest BCUT2D eigenvalue weighted by atomic mass is 9.90. The molecule has 0 aliphatic heterocycles. The van der Waals surface area contributed by atoms with E-state index in [1.807, 2.05) is 18.2 Å². The second-order valence-corrected chi connectivity index (χ2v) is 8.42. The van der Waals surface area contributed by atoms with Gasteiger partial charge in [0, 0.05) is 9.35 Å². The standard InChI is InChI=1S/C18H17BrN4OS/c1-11-2-5-16-12(6-11)7-17(25-16)18(24)22-14-8-13(19)3-4-15(14)23-10-20-9-21-23/h3-4,7-11H,2,5-6H2,1H3,(H,22,24). The molecular formula is C18H17BrN4OS. The van der Waals surface area contributed by atoms with Gasteiger partial charge in [-0.2, -0.15) is 5.10 Å². The van der Waals surface area contributed by atoms with Gasteiger partial charge in [-0.1, -0.05) is 22.9 Å². The van der Waals surface area contributed by atoms with Crippen LogP contribution in [-0.2, 0) is 12.8 Å². The average Bonchev–Trinajstić information content (AvgIpc) is 3.23. The van der Waals surface area contributed by atoms with Gasteiger partial charge in [0.05, 0.1) is 16.3 Å². The van der Waals surface area contributed by atoms with Crippen LogP contribution in [0.25, 0.3) is 5.69 Å². The molecular weight excluding hydrogens is 400 g/mol. The topological polar surface area (TPSA) is 59.8 Å². The van der Waals surface area contributed by atoms with E-state index in [1.54, 1.807) is 22.3 Å². The molecule has 0 fully saturated rings. The lowest BCUT2D eigenvalue weighted by molar-refractivity contribution is 0.103. The Morgan fingerprint density at radius 1 is 1.40 bits per heavy atom. The fourth-order valence-electron chi connectivity index (χ4n) is 3.14. The predicted molar refractivity (Wildman–Crippen MR) is 103 cm³/mol. The lowest BCUT2D eigenvalue weighted by Gasteiger charge is -2.16. The van der Waals surface area contributed by atoms with Gasteiger partial charge in [0.25, 0.3) is 5.91 Å². The molecule has 0 saturated heterocycles. The third kappa shape index (κ3) is 3.39. The number of rotatable bonds is 3. The number of hydrogen-bond acceptors (Lipinski definition) is 4. The Labute approximate surface area is 158 Å². The Bertz CT molecular complexity index is 919. The number of halogens is 1. The molecule has 0 spiro atoms. The maximum Gasteiger partial charge on any atom is 0.265 e. The summed E-state index contributed by atoms with van der Waals surface area (Å²) < 4.78 is 2.54. The monoisotopic (exact) mass is 416 g/mol.